The predicted molar refractivity (Wildman–Crippen MR) is 70.4 cm³/mol. The summed E-state index contributed by atoms with van der Waals surface area (Å²) < 4.78 is 0. The molecular weight excluding hydrogens is 240 g/mol. The lowest BCUT2D eigenvalue weighted by atomic mass is 10.2. The molecule has 0 saturated heterocycles. The summed E-state index contributed by atoms with van der Waals surface area (Å²) in [5, 5.41) is 9.05. The number of hydrogen-bond donors (Lipinski definition) is 2. The van der Waals surface area contributed by atoms with Gasteiger partial charge in [-0.15, -0.1) is 12.4 Å². The van der Waals surface area contributed by atoms with Crippen molar-refractivity contribution in [2.24, 2.45) is 5.73 Å². The summed E-state index contributed by atoms with van der Waals surface area (Å²) in [6, 6.07) is 9.43. The third-order valence-corrected chi connectivity index (χ3v) is 2.47. The number of amides is 1. The molecule has 1 rings (SSSR count). The van der Waals surface area contributed by atoms with Crippen molar-refractivity contribution in [1.29, 1.82) is 0 Å². The second kappa shape index (κ2) is 7.92. The summed E-state index contributed by atoms with van der Waals surface area (Å²) in [7, 11) is 0. The van der Waals surface area contributed by atoms with Crippen molar-refractivity contribution in [2.75, 3.05) is 6.54 Å². The maximum atomic E-state index is 11.0. The molecule has 0 heterocycles. The fourth-order valence-corrected chi connectivity index (χ4v) is 1.43. The fourth-order valence-electron chi connectivity index (χ4n) is 1.43. The molecule has 1 amide bonds. The van der Waals surface area contributed by atoms with Crippen LogP contribution >= 0.6 is 12.4 Å². The van der Waals surface area contributed by atoms with E-state index in [-0.39, 0.29) is 18.4 Å². The number of halogens is 1. The normalized spacial score (nSPS) is 11.4. The number of hydrogen-bond acceptors (Lipinski definition) is 2. The van der Waals surface area contributed by atoms with Crippen molar-refractivity contribution in [3.8, 4) is 0 Å². The van der Waals surface area contributed by atoms with Crippen molar-refractivity contribution in [2.45, 2.75) is 25.9 Å². The van der Waals surface area contributed by atoms with Crippen LogP contribution in [0.2, 0.25) is 0 Å². The summed E-state index contributed by atoms with van der Waals surface area (Å²) in [5.74, 6) is 0. The second-order valence-electron chi connectivity index (χ2n) is 3.82. The van der Waals surface area contributed by atoms with Gasteiger partial charge in [-0.1, -0.05) is 37.3 Å². The first-order chi connectivity index (χ1) is 7.63. The van der Waals surface area contributed by atoms with Gasteiger partial charge in [-0.05, 0) is 12.0 Å². The molecule has 0 unspecified atom stereocenters. The zero-order valence-corrected chi connectivity index (χ0v) is 10.7. The molecule has 96 valence electrons. The van der Waals surface area contributed by atoms with Crippen LogP contribution in [0.3, 0.4) is 0 Å². The van der Waals surface area contributed by atoms with Gasteiger partial charge in [0.15, 0.2) is 0 Å². The molecule has 4 nitrogen and oxygen atoms in total. The Morgan fingerprint density at radius 1 is 1.41 bits per heavy atom. The number of carbonyl (C=O) groups is 1. The molecule has 1 aromatic rings. The van der Waals surface area contributed by atoms with E-state index < -0.39 is 6.09 Å². The van der Waals surface area contributed by atoms with Gasteiger partial charge in [-0.3, -0.25) is 0 Å². The van der Waals surface area contributed by atoms with E-state index in [9.17, 15) is 4.79 Å². The zero-order chi connectivity index (χ0) is 12.0. The van der Waals surface area contributed by atoms with Crippen molar-refractivity contribution < 1.29 is 9.90 Å². The van der Waals surface area contributed by atoms with Gasteiger partial charge in [-0.2, -0.15) is 0 Å². The Hall–Kier alpha value is -1.26. The number of benzene rings is 1. The highest BCUT2D eigenvalue weighted by Crippen LogP contribution is 2.05. The molecule has 0 aliphatic carbocycles. The number of carboxylic acid groups (broad SMARTS) is 1. The van der Waals surface area contributed by atoms with Gasteiger partial charge in [-0.25, -0.2) is 4.79 Å². The summed E-state index contributed by atoms with van der Waals surface area (Å²) in [5.41, 5.74) is 6.74. The van der Waals surface area contributed by atoms with Crippen LogP contribution in [0, 0.1) is 0 Å². The molecule has 0 aliphatic heterocycles. The summed E-state index contributed by atoms with van der Waals surface area (Å²) >= 11 is 0. The SMILES string of the molecule is CC[C@H](N)CN(Cc1ccccc1)C(=O)O.Cl. The second-order valence-corrected chi connectivity index (χ2v) is 3.82. The highest BCUT2D eigenvalue weighted by Gasteiger charge is 2.14. The Kier molecular flexibility index (Phi) is 7.34. The van der Waals surface area contributed by atoms with Gasteiger partial charge in [0, 0.05) is 19.1 Å². The van der Waals surface area contributed by atoms with Crippen LogP contribution < -0.4 is 5.73 Å². The molecule has 0 radical (unpaired) electrons. The van der Waals surface area contributed by atoms with E-state index in [1.807, 2.05) is 37.3 Å². The first kappa shape index (κ1) is 15.7. The smallest absolute Gasteiger partial charge is 0.407 e. The van der Waals surface area contributed by atoms with Crippen LogP contribution in [0.1, 0.15) is 18.9 Å². The minimum absolute atomic E-state index is 0. The monoisotopic (exact) mass is 258 g/mol. The molecule has 3 N–H and O–H groups in total. The molecule has 0 aliphatic rings. The Balaban J connectivity index is 0.00000256. The Morgan fingerprint density at radius 3 is 2.47 bits per heavy atom. The van der Waals surface area contributed by atoms with Crippen LogP contribution in [0.15, 0.2) is 30.3 Å². The fraction of sp³-hybridized carbons (Fsp3) is 0.417. The molecule has 0 saturated carbocycles. The van der Waals surface area contributed by atoms with Gasteiger partial charge in [0.25, 0.3) is 0 Å². The van der Waals surface area contributed by atoms with Gasteiger partial charge < -0.3 is 15.7 Å². The molecule has 17 heavy (non-hydrogen) atoms. The van der Waals surface area contributed by atoms with E-state index in [0.717, 1.165) is 12.0 Å². The molecule has 0 spiro atoms. The number of rotatable bonds is 5. The topological polar surface area (TPSA) is 66.6 Å². The lowest BCUT2D eigenvalue weighted by Gasteiger charge is -2.22. The molecular formula is C12H19ClN2O2. The van der Waals surface area contributed by atoms with Gasteiger partial charge >= 0.3 is 6.09 Å². The molecule has 0 bridgehead atoms. The van der Waals surface area contributed by atoms with E-state index in [2.05, 4.69) is 0 Å². The lowest BCUT2D eigenvalue weighted by Crippen LogP contribution is -2.39. The maximum Gasteiger partial charge on any atom is 0.407 e. The maximum absolute atomic E-state index is 11.0. The standard InChI is InChI=1S/C12H18N2O2.ClH/c1-2-11(13)9-14(12(15)16)8-10-6-4-3-5-7-10;/h3-7,11H,2,8-9,13H2,1H3,(H,15,16);1H/t11-;/m0./s1. The summed E-state index contributed by atoms with van der Waals surface area (Å²) in [6.45, 7) is 2.72. The van der Waals surface area contributed by atoms with Gasteiger partial charge in [0.05, 0.1) is 0 Å². The van der Waals surface area contributed by atoms with Gasteiger partial charge in [0.2, 0.25) is 0 Å². The summed E-state index contributed by atoms with van der Waals surface area (Å²) in [6.07, 6.45) is -0.147. The largest absolute Gasteiger partial charge is 0.465 e. The highest BCUT2D eigenvalue weighted by molar-refractivity contribution is 5.85. The molecule has 0 aromatic heterocycles. The van der Waals surface area contributed by atoms with Crippen LogP contribution in [0.5, 0.6) is 0 Å². The van der Waals surface area contributed by atoms with Crippen molar-refractivity contribution in [3.05, 3.63) is 35.9 Å². The van der Waals surface area contributed by atoms with Crippen LogP contribution in [-0.4, -0.2) is 28.7 Å². The average molecular weight is 259 g/mol. The van der Waals surface area contributed by atoms with E-state index in [0.29, 0.717) is 13.1 Å². The third-order valence-electron chi connectivity index (χ3n) is 2.47. The van der Waals surface area contributed by atoms with Crippen LogP contribution in [0.4, 0.5) is 4.79 Å². The lowest BCUT2D eigenvalue weighted by molar-refractivity contribution is 0.139. The Morgan fingerprint density at radius 2 is 2.00 bits per heavy atom. The van der Waals surface area contributed by atoms with E-state index in [1.54, 1.807) is 0 Å². The van der Waals surface area contributed by atoms with Crippen LogP contribution in [-0.2, 0) is 6.54 Å². The Labute approximate surface area is 108 Å². The number of nitrogens with zero attached hydrogens (tertiary/aromatic N) is 1. The Bertz CT molecular complexity index is 333. The van der Waals surface area contributed by atoms with Crippen molar-refractivity contribution in [3.63, 3.8) is 0 Å². The third kappa shape index (κ3) is 5.56. The average Bonchev–Trinajstić information content (AvgIpc) is 2.29. The first-order valence-electron chi connectivity index (χ1n) is 5.40. The molecule has 0 fully saturated rings. The van der Waals surface area contributed by atoms with Crippen molar-refractivity contribution >= 4 is 18.5 Å². The summed E-state index contributed by atoms with van der Waals surface area (Å²) in [4.78, 5) is 12.4. The quantitative estimate of drug-likeness (QED) is 0.852. The molecule has 1 atom stereocenters. The number of nitrogens with two attached hydrogens (primary N) is 1. The van der Waals surface area contributed by atoms with Crippen LogP contribution in [0.25, 0.3) is 0 Å². The minimum atomic E-state index is -0.923. The highest BCUT2D eigenvalue weighted by atomic mass is 35.5. The molecule has 5 heteroatoms. The van der Waals surface area contributed by atoms with E-state index in [1.165, 1.54) is 4.90 Å². The van der Waals surface area contributed by atoms with E-state index >= 15 is 0 Å². The zero-order valence-electron chi connectivity index (χ0n) is 9.87. The minimum Gasteiger partial charge on any atom is -0.465 e. The predicted octanol–water partition coefficient (Wildman–Crippen LogP) is 2.33. The van der Waals surface area contributed by atoms with E-state index in [4.69, 9.17) is 10.8 Å². The molecule has 1 aromatic carbocycles. The first-order valence-corrected chi connectivity index (χ1v) is 5.40. The van der Waals surface area contributed by atoms with Crippen molar-refractivity contribution in [1.82, 2.24) is 4.90 Å². The van der Waals surface area contributed by atoms with Gasteiger partial charge in [0.1, 0.15) is 0 Å².